The number of imidazole rings is 1. The molecule has 0 aliphatic carbocycles. The van der Waals surface area contributed by atoms with Crippen LogP contribution in [0.1, 0.15) is 18.4 Å². The lowest BCUT2D eigenvalue weighted by molar-refractivity contribution is -0.143. The average Bonchev–Trinajstić information content (AvgIpc) is 2.96. The van der Waals surface area contributed by atoms with Crippen molar-refractivity contribution in [2.24, 2.45) is 0 Å². The predicted octanol–water partition coefficient (Wildman–Crippen LogP) is 3.75. The number of aromatic nitrogens is 2. The summed E-state index contributed by atoms with van der Waals surface area (Å²) in [5.74, 6) is 0.500. The van der Waals surface area contributed by atoms with Gasteiger partial charge in [0, 0.05) is 17.2 Å². The van der Waals surface area contributed by atoms with E-state index in [-0.39, 0.29) is 11.7 Å². The minimum Gasteiger partial charge on any atom is -0.466 e. The Labute approximate surface area is 156 Å². The van der Waals surface area contributed by atoms with E-state index in [2.05, 4.69) is 36.2 Å². The quantitative estimate of drug-likeness (QED) is 0.373. The van der Waals surface area contributed by atoms with Gasteiger partial charge in [-0.2, -0.15) is 0 Å². The molecule has 136 valence electrons. The van der Waals surface area contributed by atoms with E-state index in [0.29, 0.717) is 31.7 Å². The van der Waals surface area contributed by atoms with Crippen molar-refractivity contribution in [3.8, 4) is 0 Å². The van der Waals surface area contributed by atoms with Crippen LogP contribution >= 0.6 is 11.8 Å². The standard InChI is InChI=1S/C20H22N2O3S/c1-15-7-9-16(10-8-15)26-14-11-19(23)25-13-4-12-22-18-6-3-2-5-17(18)21-20(22)24/h2-3,5-10H,4,11-14H2,1H3,(H,21,24). The molecule has 0 fully saturated rings. The van der Waals surface area contributed by atoms with E-state index in [4.69, 9.17) is 4.74 Å². The molecule has 3 aromatic rings. The third-order valence-electron chi connectivity index (χ3n) is 4.07. The molecular formula is C20H22N2O3S. The largest absolute Gasteiger partial charge is 0.466 e. The summed E-state index contributed by atoms with van der Waals surface area (Å²) in [6.07, 6.45) is 0.990. The fourth-order valence-corrected chi connectivity index (χ4v) is 3.53. The Hall–Kier alpha value is -2.47. The Morgan fingerprint density at radius 2 is 1.92 bits per heavy atom. The molecule has 6 heteroatoms. The molecule has 3 rings (SSSR count). The zero-order valence-corrected chi connectivity index (χ0v) is 15.6. The summed E-state index contributed by atoms with van der Waals surface area (Å²) in [6.45, 7) is 2.89. The summed E-state index contributed by atoms with van der Waals surface area (Å²) < 4.78 is 6.95. The molecule has 0 aliphatic rings. The van der Waals surface area contributed by atoms with Crippen LogP contribution in [0.15, 0.2) is 58.2 Å². The Balaban J connectivity index is 1.38. The Morgan fingerprint density at radius 1 is 1.15 bits per heavy atom. The van der Waals surface area contributed by atoms with E-state index < -0.39 is 0 Å². The van der Waals surface area contributed by atoms with Gasteiger partial charge in [-0.05, 0) is 37.6 Å². The van der Waals surface area contributed by atoms with Crippen LogP contribution < -0.4 is 5.69 Å². The van der Waals surface area contributed by atoms with Crippen LogP contribution in [0.4, 0.5) is 0 Å². The second-order valence-corrected chi connectivity index (χ2v) is 7.25. The molecule has 0 spiro atoms. The molecule has 0 saturated carbocycles. The van der Waals surface area contributed by atoms with Crippen molar-refractivity contribution in [1.82, 2.24) is 9.55 Å². The van der Waals surface area contributed by atoms with Gasteiger partial charge in [0.1, 0.15) is 0 Å². The number of rotatable bonds is 8. The van der Waals surface area contributed by atoms with Crippen molar-refractivity contribution in [2.75, 3.05) is 12.4 Å². The van der Waals surface area contributed by atoms with Crippen molar-refractivity contribution in [2.45, 2.75) is 31.2 Å². The number of aromatic amines is 1. The SMILES string of the molecule is Cc1ccc(SCCC(=O)OCCCn2c(=O)[nH]c3ccccc32)cc1. The van der Waals surface area contributed by atoms with Gasteiger partial charge in [-0.25, -0.2) is 4.79 Å². The number of H-pyrrole nitrogens is 1. The maximum atomic E-state index is 12.0. The van der Waals surface area contributed by atoms with Gasteiger partial charge in [0.15, 0.2) is 0 Å². The van der Waals surface area contributed by atoms with E-state index >= 15 is 0 Å². The second-order valence-electron chi connectivity index (χ2n) is 6.08. The molecule has 0 saturated heterocycles. The lowest BCUT2D eigenvalue weighted by Gasteiger charge is -2.06. The molecule has 0 aliphatic heterocycles. The monoisotopic (exact) mass is 370 g/mol. The van der Waals surface area contributed by atoms with E-state index in [1.807, 2.05) is 24.3 Å². The van der Waals surface area contributed by atoms with Crippen LogP contribution in [0.3, 0.4) is 0 Å². The number of esters is 1. The van der Waals surface area contributed by atoms with E-state index in [0.717, 1.165) is 15.9 Å². The second kappa shape index (κ2) is 8.76. The normalized spacial score (nSPS) is 11.0. The average molecular weight is 370 g/mol. The summed E-state index contributed by atoms with van der Waals surface area (Å²) in [5.41, 5.74) is 2.79. The molecule has 0 radical (unpaired) electrons. The number of ether oxygens (including phenoxy) is 1. The highest BCUT2D eigenvalue weighted by Gasteiger charge is 2.07. The Morgan fingerprint density at radius 3 is 2.73 bits per heavy atom. The first kappa shape index (κ1) is 18.3. The Bertz CT molecular complexity index is 928. The maximum absolute atomic E-state index is 12.0. The van der Waals surface area contributed by atoms with Crippen LogP contribution in [0.25, 0.3) is 11.0 Å². The number of nitrogens with one attached hydrogen (secondary N) is 1. The topological polar surface area (TPSA) is 64.1 Å². The fraction of sp³-hybridized carbons (Fsp3) is 0.300. The van der Waals surface area contributed by atoms with Crippen LogP contribution in [0.2, 0.25) is 0 Å². The summed E-state index contributed by atoms with van der Waals surface area (Å²) in [6, 6.07) is 15.8. The maximum Gasteiger partial charge on any atom is 0.326 e. The van der Waals surface area contributed by atoms with E-state index in [1.54, 1.807) is 16.3 Å². The van der Waals surface area contributed by atoms with Gasteiger partial charge in [0.2, 0.25) is 0 Å². The van der Waals surface area contributed by atoms with Gasteiger partial charge in [0.25, 0.3) is 0 Å². The number of fused-ring (bicyclic) bond motifs is 1. The highest BCUT2D eigenvalue weighted by atomic mass is 32.2. The van der Waals surface area contributed by atoms with Crippen molar-refractivity contribution in [3.05, 3.63) is 64.6 Å². The molecular weight excluding hydrogens is 348 g/mol. The van der Waals surface area contributed by atoms with E-state index in [1.165, 1.54) is 5.56 Å². The molecule has 5 nitrogen and oxygen atoms in total. The highest BCUT2D eigenvalue weighted by molar-refractivity contribution is 7.99. The number of thioether (sulfide) groups is 1. The molecule has 26 heavy (non-hydrogen) atoms. The predicted molar refractivity (Wildman–Crippen MR) is 105 cm³/mol. The van der Waals surface area contributed by atoms with Gasteiger partial charge in [-0.3, -0.25) is 9.36 Å². The number of aryl methyl sites for hydroxylation is 2. The third kappa shape index (κ3) is 4.79. The number of hydrogen-bond donors (Lipinski definition) is 1. The van der Waals surface area contributed by atoms with Crippen molar-refractivity contribution < 1.29 is 9.53 Å². The molecule has 0 atom stereocenters. The summed E-state index contributed by atoms with van der Waals surface area (Å²) in [4.78, 5) is 27.8. The first-order chi connectivity index (χ1) is 12.6. The first-order valence-corrected chi connectivity index (χ1v) is 9.65. The van der Waals surface area contributed by atoms with Crippen LogP contribution in [0, 0.1) is 6.92 Å². The van der Waals surface area contributed by atoms with Crippen LogP contribution in [-0.2, 0) is 16.1 Å². The van der Waals surface area contributed by atoms with Gasteiger partial charge in [-0.1, -0.05) is 29.8 Å². The minimum absolute atomic E-state index is 0.132. The Kier molecular flexibility index (Phi) is 6.17. The number of carbonyl (C=O) groups excluding carboxylic acids is 1. The van der Waals surface area contributed by atoms with Gasteiger partial charge in [-0.15, -0.1) is 11.8 Å². The zero-order chi connectivity index (χ0) is 18.4. The third-order valence-corrected chi connectivity index (χ3v) is 5.08. The molecule has 0 unspecified atom stereocenters. The molecule has 1 heterocycles. The lowest BCUT2D eigenvalue weighted by Crippen LogP contribution is -2.18. The summed E-state index contributed by atoms with van der Waals surface area (Å²) >= 11 is 1.65. The number of carbonyl (C=O) groups is 1. The number of nitrogens with zero attached hydrogens (tertiary/aromatic N) is 1. The first-order valence-electron chi connectivity index (χ1n) is 8.66. The van der Waals surface area contributed by atoms with Crippen molar-refractivity contribution in [3.63, 3.8) is 0 Å². The van der Waals surface area contributed by atoms with Crippen molar-refractivity contribution in [1.29, 1.82) is 0 Å². The summed E-state index contributed by atoms with van der Waals surface area (Å²) in [5, 5.41) is 0. The number of hydrogen-bond acceptors (Lipinski definition) is 4. The molecule has 1 aromatic heterocycles. The molecule has 0 amide bonds. The number of benzene rings is 2. The van der Waals surface area contributed by atoms with Gasteiger partial charge in [0.05, 0.1) is 24.1 Å². The smallest absolute Gasteiger partial charge is 0.326 e. The molecule has 1 N–H and O–H groups in total. The van der Waals surface area contributed by atoms with Gasteiger partial charge >= 0.3 is 11.7 Å². The lowest BCUT2D eigenvalue weighted by atomic mass is 10.2. The minimum atomic E-state index is -0.198. The number of para-hydroxylation sites is 2. The van der Waals surface area contributed by atoms with Crippen LogP contribution in [0.5, 0.6) is 0 Å². The molecule has 0 bridgehead atoms. The molecule has 2 aromatic carbocycles. The van der Waals surface area contributed by atoms with Crippen LogP contribution in [-0.4, -0.2) is 27.9 Å². The highest BCUT2D eigenvalue weighted by Crippen LogP contribution is 2.19. The van der Waals surface area contributed by atoms with Crippen molar-refractivity contribution >= 4 is 28.8 Å². The zero-order valence-electron chi connectivity index (χ0n) is 14.7. The fourth-order valence-electron chi connectivity index (χ4n) is 2.70. The van der Waals surface area contributed by atoms with Gasteiger partial charge < -0.3 is 9.72 Å². The van der Waals surface area contributed by atoms with E-state index in [9.17, 15) is 9.59 Å². The summed E-state index contributed by atoms with van der Waals surface area (Å²) in [7, 11) is 0.